The molecule has 0 atom stereocenters. The zero-order valence-corrected chi connectivity index (χ0v) is 8.69. The second kappa shape index (κ2) is 4.74. The van der Waals surface area contributed by atoms with Gasteiger partial charge in [-0.05, 0) is 24.3 Å². The minimum atomic E-state index is -0.582. The average molecular weight is 234 g/mol. The smallest absolute Gasteiger partial charge is 0.150 e. The van der Waals surface area contributed by atoms with Crippen LogP contribution in [0.4, 0.5) is 8.78 Å². The van der Waals surface area contributed by atoms with Crippen LogP contribution in [0.25, 0.3) is 0 Å². The van der Waals surface area contributed by atoms with Crippen LogP contribution in [-0.2, 0) is 0 Å². The van der Waals surface area contributed by atoms with Gasteiger partial charge in [-0.1, -0.05) is 6.07 Å². The van der Waals surface area contributed by atoms with E-state index in [2.05, 4.69) is 0 Å². The highest BCUT2D eigenvalue weighted by Crippen LogP contribution is 2.23. The molecular weight excluding hydrogens is 226 g/mol. The molecule has 0 aliphatic carbocycles. The van der Waals surface area contributed by atoms with Gasteiger partial charge >= 0.3 is 0 Å². The largest absolute Gasteiger partial charge is 0.457 e. The molecule has 86 valence electrons. The monoisotopic (exact) mass is 234 g/mol. The fraction of sp³-hybridized carbons (Fsp3) is 0. The van der Waals surface area contributed by atoms with Crippen molar-refractivity contribution in [2.45, 2.75) is 0 Å². The number of ether oxygens (including phenoxy) is 1. The molecule has 2 aromatic rings. The van der Waals surface area contributed by atoms with Gasteiger partial charge in [0.05, 0.1) is 0 Å². The molecule has 0 heterocycles. The minimum Gasteiger partial charge on any atom is -0.457 e. The highest BCUT2D eigenvalue weighted by Gasteiger charge is 2.03. The van der Waals surface area contributed by atoms with E-state index in [0.717, 1.165) is 12.1 Å². The fourth-order valence-electron chi connectivity index (χ4n) is 1.38. The zero-order chi connectivity index (χ0) is 12.3. The van der Waals surface area contributed by atoms with Gasteiger partial charge in [-0.25, -0.2) is 8.78 Å². The van der Waals surface area contributed by atoms with Gasteiger partial charge in [-0.2, -0.15) is 0 Å². The average Bonchev–Trinajstić information content (AvgIpc) is 2.28. The Hall–Kier alpha value is -2.23. The van der Waals surface area contributed by atoms with Crippen molar-refractivity contribution in [1.82, 2.24) is 0 Å². The van der Waals surface area contributed by atoms with E-state index in [9.17, 15) is 13.6 Å². The van der Waals surface area contributed by atoms with Crippen LogP contribution in [0.1, 0.15) is 10.4 Å². The molecule has 0 fully saturated rings. The molecule has 2 nitrogen and oxygen atoms in total. The summed E-state index contributed by atoms with van der Waals surface area (Å²) in [5, 5.41) is 0. The first kappa shape index (κ1) is 11.3. The summed E-state index contributed by atoms with van der Waals surface area (Å²) in [6, 6.07) is 9.05. The number of rotatable bonds is 3. The quantitative estimate of drug-likeness (QED) is 0.759. The molecule has 0 N–H and O–H groups in total. The first-order valence-corrected chi connectivity index (χ1v) is 4.86. The number of hydrogen-bond donors (Lipinski definition) is 0. The normalized spacial score (nSPS) is 10.0. The van der Waals surface area contributed by atoms with Crippen molar-refractivity contribution in [1.29, 1.82) is 0 Å². The number of hydrogen-bond acceptors (Lipinski definition) is 2. The van der Waals surface area contributed by atoms with Gasteiger partial charge in [0.1, 0.15) is 29.4 Å². The van der Waals surface area contributed by atoms with Gasteiger partial charge in [0.15, 0.2) is 0 Å². The van der Waals surface area contributed by atoms with E-state index in [-0.39, 0.29) is 17.1 Å². The third-order valence-electron chi connectivity index (χ3n) is 2.06. The van der Waals surface area contributed by atoms with Crippen LogP contribution in [0.3, 0.4) is 0 Å². The molecule has 0 radical (unpaired) electrons. The van der Waals surface area contributed by atoms with E-state index >= 15 is 0 Å². The van der Waals surface area contributed by atoms with Gasteiger partial charge in [0.25, 0.3) is 0 Å². The molecule has 17 heavy (non-hydrogen) atoms. The Morgan fingerprint density at radius 2 is 1.71 bits per heavy atom. The van der Waals surface area contributed by atoms with Crippen LogP contribution >= 0.6 is 0 Å². The summed E-state index contributed by atoms with van der Waals surface area (Å²) in [4.78, 5) is 10.5. The first-order valence-electron chi connectivity index (χ1n) is 4.86. The van der Waals surface area contributed by atoms with E-state index in [1.165, 1.54) is 30.3 Å². The molecule has 0 aromatic heterocycles. The van der Waals surface area contributed by atoms with E-state index in [1.54, 1.807) is 0 Å². The van der Waals surface area contributed by atoms with Gasteiger partial charge in [-0.15, -0.1) is 0 Å². The molecule has 0 unspecified atom stereocenters. The van der Waals surface area contributed by atoms with Crippen molar-refractivity contribution in [3.05, 3.63) is 59.7 Å². The Kier molecular flexibility index (Phi) is 3.14. The van der Waals surface area contributed by atoms with E-state index in [0.29, 0.717) is 6.29 Å². The number of halogens is 2. The van der Waals surface area contributed by atoms with E-state index in [4.69, 9.17) is 4.74 Å². The second-order valence-corrected chi connectivity index (χ2v) is 3.40. The topological polar surface area (TPSA) is 26.3 Å². The van der Waals surface area contributed by atoms with Crippen LogP contribution in [0, 0.1) is 11.6 Å². The molecule has 0 aliphatic rings. The number of benzene rings is 2. The molecule has 0 bridgehead atoms. The molecule has 4 heteroatoms. The Morgan fingerprint density at radius 1 is 0.941 bits per heavy atom. The van der Waals surface area contributed by atoms with E-state index < -0.39 is 11.6 Å². The van der Waals surface area contributed by atoms with Gasteiger partial charge in [0.2, 0.25) is 0 Å². The third kappa shape index (κ3) is 2.87. The van der Waals surface area contributed by atoms with Crippen molar-refractivity contribution >= 4 is 6.29 Å². The second-order valence-electron chi connectivity index (χ2n) is 3.40. The third-order valence-corrected chi connectivity index (χ3v) is 2.06. The van der Waals surface area contributed by atoms with Crippen molar-refractivity contribution in [2.24, 2.45) is 0 Å². The van der Waals surface area contributed by atoms with Crippen LogP contribution in [0.15, 0.2) is 42.5 Å². The SMILES string of the molecule is O=Cc1cc(F)cc(Oc2cccc(F)c2)c1. The zero-order valence-electron chi connectivity index (χ0n) is 8.69. The summed E-state index contributed by atoms with van der Waals surface area (Å²) in [7, 11) is 0. The summed E-state index contributed by atoms with van der Waals surface area (Å²) in [5.74, 6) is -0.638. The standard InChI is InChI=1S/C13H8F2O2/c14-10-2-1-3-12(6-10)17-13-5-9(8-16)4-11(15)7-13/h1-8H. The molecular formula is C13H8F2O2. The summed E-state index contributed by atoms with van der Waals surface area (Å²) >= 11 is 0. The number of carbonyl (C=O) groups excluding carboxylic acids is 1. The van der Waals surface area contributed by atoms with Gasteiger partial charge < -0.3 is 4.74 Å². The minimum absolute atomic E-state index is 0.151. The van der Waals surface area contributed by atoms with Crippen molar-refractivity contribution in [3.63, 3.8) is 0 Å². The lowest BCUT2D eigenvalue weighted by Gasteiger charge is -2.06. The molecule has 0 saturated carbocycles. The van der Waals surface area contributed by atoms with Crippen molar-refractivity contribution in [2.75, 3.05) is 0 Å². The summed E-state index contributed by atoms with van der Waals surface area (Å²) in [6.45, 7) is 0. The highest BCUT2D eigenvalue weighted by atomic mass is 19.1. The Labute approximate surface area is 96.5 Å². The van der Waals surface area contributed by atoms with Crippen LogP contribution in [-0.4, -0.2) is 6.29 Å². The van der Waals surface area contributed by atoms with E-state index in [1.807, 2.05) is 0 Å². The lowest BCUT2D eigenvalue weighted by molar-refractivity contribution is 0.112. The van der Waals surface area contributed by atoms with Gasteiger partial charge in [-0.3, -0.25) is 4.79 Å². The maximum atomic E-state index is 13.1. The van der Waals surface area contributed by atoms with Gasteiger partial charge in [0, 0.05) is 17.7 Å². The summed E-state index contributed by atoms with van der Waals surface area (Å²) in [5.41, 5.74) is 0.163. The maximum Gasteiger partial charge on any atom is 0.150 e. The molecule has 2 aromatic carbocycles. The lowest BCUT2D eigenvalue weighted by Crippen LogP contribution is -1.89. The van der Waals surface area contributed by atoms with Crippen LogP contribution in [0.5, 0.6) is 11.5 Å². The summed E-state index contributed by atoms with van der Waals surface area (Å²) in [6.07, 6.45) is 0.515. The maximum absolute atomic E-state index is 13.1. The summed E-state index contributed by atoms with van der Waals surface area (Å²) < 4.78 is 31.2. The predicted molar refractivity (Wildman–Crippen MR) is 58.3 cm³/mol. The molecule has 0 amide bonds. The molecule has 2 rings (SSSR count). The lowest BCUT2D eigenvalue weighted by atomic mass is 10.2. The number of carbonyl (C=O) groups is 1. The number of aldehydes is 1. The molecule has 0 saturated heterocycles. The Bertz CT molecular complexity index is 553. The van der Waals surface area contributed by atoms with Crippen LogP contribution in [0.2, 0.25) is 0 Å². The first-order chi connectivity index (χ1) is 8.17. The van der Waals surface area contributed by atoms with Crippen molar-refractivity contribution in [3.8, 4) is 11.5 Å². The Morgan fingerprint density at radius 3 is 2.41 bits per heavy atom. The van der Waals surface area contributed by atoms with Crippen LogP contribution < -0.4 is 4.74 Å². The fourth-order valence-corrected chi connectivity index (χ4v) is 1.38. The molecule has 0 aliphatic heterocycles. The predicted octanol–water partition coefficient (Wildman–Crippen LogP) is 3.57. The Balaban J connectivity index is 2.29. The molecule has 0 spiro atoms. The van der Waals surface area contributed by atoms with Crippen molar-refractivity contribution < 1.29 is 18.3 Å². The highest BCUT2D eigenvalue weighted by molar-refractivity contribution is 5.75.